The van der Waals surface area contributed by atoms with Crippen LogP contribution in [0.2, 0.25) is 0 Å². The van der Waals surface area contributed by atoms with Crippen LogP contribution in [0.3, 0.4) is 0 Å². The van der Waals surface area contributed by atoms with E-state index < -0.39 is 0 Å². The van der Waals surface area contributed by atoms with E-state index in [0.29, 0.717) is 12.3 Å². The number of rotatable bonds is 5. The molecule has 19 heavy (non-hydrogen) atoms. The second-order valence-electron chi connectivity index (χ2n) is 3.43. The highest BCUT2D eigenvalue weighted by Gasteiger charge is 2.17. The van der Waals surface area contributed by atoms with Crippen molar-refractivity contribution in [2.45, 2.75) is 6.61 Å². The molecule has 0 aliphatic heterocycles. The van der Waals surface area contributed by atoms with Crippen molar-refractivity contribution in [1.29, 1.82) is 5.26 Å². The zero-order chi connectivity index (χ0) is 14.1. The minimum Gasteiger partial charge on any atom is -0.479 e. The maximum absolute atomic E-state index is 8.67. The normalized spacial score (nSPS) is 11.9. The topological polar surface area (TPSA) is 76.2 Å². The summed E-state index contributed by atoms with van der Waals surface area (Å²) in [5.74, 6) is 0.0907. The van der Waals surface area contributed by atoms with Crippen molar-refractivity contribution in [3.05, 3.63) is 35.4 Å². The van der Waals surface area contributed by atoms with Gasteiger partial charge in [-0.1, -0.05) is 29.4 Å². The first-order valence-electron chi connectivity index (χ1n) is 5.48. The molecule has 0 aliphatic carbocycles. The van der Waals surface area contributed by atoms with Gasteiger partial charge in [-0.3, -0.25) is 0 Å². The number of benzene rings is 1. The average Bonchev–Trinajstić information content (AvgIpc) is 2.44. The van der Waals surface area contributed by atoms with Gasteiger partial charge in [0.15, 0.2) is 5.71 Å². The molecular formula is C13H15N3O3. The SMILES string of the molecule is COCc1ccccc1/C(=N\OC)C(=NC#N)OC. The van der Waals surface area contributed by atoms with Gasteiger partial charge in [0.25, 0.3) is 5.90 Å². The smallest absolute Gasteiger partial charge is 0.254 e. The molecular weight excluding hydrogens is 246 g/mol. The highest BCUT2D eigenvalue weighted by molar-refractivity contribution is 6.45. The van der Waals surface area contributed by atoms with Gasteiger partial charge >= 0.3 is 0 Å². The van der Waals surface area contributed by atoms with Gasteiger partial charge < -0.3 is 14.3 Å². The van der Waals surface area contributed by atoms with E-state index in [1.54, 1.807) is 13.3 Å². The molecule has 0 aliphatic rings. The van der Waals surface area contributed by atoms with Gasteiger partial charge in [0.2, 0.25) is 6.19 Å². The monoisotopic (exact) mass is 261 g/mol. The van der Waals surface area contributed by atoms with Crippen molar-refractivity contribution >= 4 is 11.6 Å². The third kappa shape index (κ3) is 3.79. The van der Waals surface area contributed by atoms with Crippen molar-refractivity contribution in [1.82, 2.24) is 0 Å². The van der Waals surface area contributed by atoms with E-state index in [9.17, 15) is 0 Å². The molecule has 0 saturated carbocycles. The van der Waals surface area contributed by atoms with E-state index in [0.717, 1.165) is 11.1 Å². The van der Waals surface area contributed by atoms with Gasteiger partial charge in [-0.25, -0.2) is 0 Å². The Morgan fingerprint density at radius 3 is 2.58 bits per heavy atom. The maximum Gasteiger partial charge on any atom is 0.254 e. The molecule has 0 saturated heterocycles. The van der Waals surface area contributed by atoms with Gasteiger partial charge in [-0.2, -0.15) is 5.26 Å². The number of hydrogen-bond acceptors (Lipinski definition) is 6. The van der Waals surface area contributed by atoms with E-state index in [1.807, 2.05) is 24.3 Å². The number of ether oxygens (including phenoxy) is 2. The Balaban J connectivity index is 3.32. The number of methoxy groups -OCH3 is 2. The Kier molecular flexibility index (Phi) is 6.06. The number of nitrogens with zero attached hydrogens (tertiary/aromatic N) is 3. The first kappa shape index (κ1) is 14.7. The van der Waals surface area contributed by atoms with Crippen molar-refractivity contribution in [3.8, 4) is 6.19 Å². The predicted octanol–water partition coefficient (Wildman–Crippen LogP) is 1.71. The van der Waals surface area contributed by atoms with Gasteiger partial charge in [0, 0.05) is 12.7 Å². The lowest BCUT2D eigenvalue weighted by Gasteiger charge is -2.11. The molecule has 0 atom stereocenters. The van der Waals surface area contributed by atoms with Crippen molar-refractivity contribution in [3.63, 3.8) is 0 Å². The van der Waals surface area contributed by atoms with Crippen LogP contribution in [0.1, 0.15) is 11.1 Å². The van der Waals surface area contributed by atoms with Crippen LogP contribution in [-0.4, -0.2) is 32.9 Å². The molecule has 0 heterocycles. The van der Waals surface area contributed by atoms with E-state index >= 15 is 0 Å². The number of aliphatic imine (C=N–C) groups is 1. The fourth-order valence-electron chi connectivity index (χ4n) is 1.57. The van der Waals surface area contributed by atoms with Crippen molar-refractivity contribution in [2.24, 2.45) is 10.1 Å². The first-order valence-corrected chi connectivity index (χ1v) is 5.48. The summed E-state index contributed by atoms with van der Waals surface area (Å²) in [6.07, 6.45) is 1.67. The Labute approximate surface area is 111 Å². The Morgan fingerprint density at radius 2 is 2.00 bits per heavy atom. The van der Waals surface area contributed by atoms with Crippen LogP contribution in [0.15, 0.2) is 34.4 Å². The summed E-state index contributed by atoms with van der Waals surface area (Å²) in [6.45, 7) is 0.405. The fraction of sp³-hybridized carbons (Fsp3) is 0.308. The minimum atomic E-state index is 0.0907. The molecule has 0 radical (unpaired) electrons. The molecule has 0 unspecified atom stereocenters. The largest absolute Gasteiger partial charge is 0.479 e. The number of oxime groups is 1. The first-order chi connectivity index (χ1) is 9.28. The molecule has 6 heteroatoms. The predicted molar refractivity (Wildman–Crippen MR) is 70.8 cm³/mol. The zero-order valence-corrected chi connectivity index (χ0v) is 11.1. The summed E-state index contributed by atoms with van der Waals surface area (Å²) < 4.78 is 10.2. The molecule has 0 bridgehead atoms. The molecule has 0 spiro atoms. The van der Waals surface area contributed by atoms with Gasteiger partial charge in [-0.15, -0.1) is 4.99 Å². The summed E-state index contributed by atoms with van der Waals surface area (Å²) in [4.78, 5) is 8.39. The van der Waals surface area contributed by atoms with Crippen LogP contribution in [0.5, 0.6) is 0 Å². The summed E-state index contributed by atoms with van der Waals surface area (Å²) in [6, 6.07) is 7.46. The maximum atomic E-state index is 8.67. The lowest BCUT2D eigenvalue weighted by Crippen LogP contribution is -2.20. The highest BCUT2D eigenvalue weighted by Crippen LogP contribution is 2.13. The molecule has 0 fully saturated rings. The fourth-order valence-corrected chi connectivity index (χ4v) is 1.57. The average molecular weight is 261 g/mol. The summed E-state index contributed by atoms with van der Waals surface area (Å²) in [5, 5.41) is 12.5. The molecule has 0 N–H and O–H groups in total. The molecule has 1 rings (SSSR count). The lowest BCUT2D eigenvalue weighted by molar-refractivity contribution is 0.184. The lowest BCUT2D eigenvalue weighted by atomic mass is 10.0. The molecule has 100 valence electrons. The Hall–Kier alpha value is -2.39. The molecule has 0 amide bonds. The van der Waals surface area contributed by atoms with Crippen molar-refractivity contribution in [2.75, 3.05) is 21.3 Å². The summed E-state index contributed by atoms with van der Waals surface area (Å²) in [7, 11) is 4.43. The van der Waals surface area contributed by atoms with E-state index in [4.69, 9.17) is 19.6 Å². The van der Waals surface area contributed by atoms with E-state index in [2.05, 4.69) is 10.1 Å². The van der Waals surface area contributed by atoms with Crippen LogP contribution in [0, 0.1) is 11.5 Å². The third-order valence-electron chi connectivity index (χ3n) is 2.30. The van der Waals surface area contributed by atoms with Crippen LogP contribution < -0.4 is 0 Å². The number of nitriles is 1. The zero-order valence-electron chi connectivity index (χ0n) is 11.1. The van der Waals surface area contributed by atoms with Crippen LogP contribution in [0.25, 0.3) is 0 Å². The molecule has 6 nitrogen and oxygen atoms in total. The van der Waals surface area contributed by atoms with Crippen LogP contribution in [0.4, 0.5) is 0 Å². The van der Waals surface area contributed by atoms with E-state index in [-0.39, 0.29) is 5.90 Å². The van der Waals surface area contributed by atoms with Crippen LogP contribution >= 0.6 is 0 Å². The standard InChI is InChI=1S/C13H15N3O3/c1-17-8-10-6-4-5-7-11(10)12(16-19-3)13(18-2)15-9-14/h4-7H,8H2,1-3H3/b15-13?,16-12+. The third-order valence-corrected chi connectivity index (χ3v) is 2.30. The van der Waals surface area contributed by atoms with Gasteiger partial charge in [0.1, 0.15) is 7.11 Å². The molecule has 1 aromatic carbocycles. The minimum absolute atomic E-state index is 0.0907. The van der Waals surface area contributed by atoms with Gasteiger partial charge in [0.05, 0.1) is 13.7 Å². The Morgan fingerprint density at radius 1 is 1.26 bits per heavy atom. The van der Waals surface area contributed by atoms with Crippen LogP contribution in [-0.2, 0) is 20.9 Å². The molecule has 1 aromatic rings. The highest BCUT2D eigenvalue weighted by atomic mass is 16.6. The second-order valence-corrected chi connectivity index (χ2v) is 3.43. The summed E-state index contributed by atoms with van der Waals surface area (Å²) in [5.41, 5.74) is 1.98. The number of hydrogen-bond donors (Lipinski definition) is 0. The van der Waals surface area contributed by atoms with Gasteiger partial charge in [-0.05, 0) is 5.56 Å². The summed E-state index contributed by atoms with van der Waals surface area (Å²) >= 11 is 0. The molecule has 0 aromatic heterocycles. The Bertz CT molecular complexity index is 518. The van der Waals surface area contributed by atoms with Crippen molar-refractivity contribution < 1.29 is 14.3 Å². The second kappa shape index (κ2) is 7.84. The van der Waals surface area contributed by atoms with E-state index in [1.165, 1.54) is 14.2 Å². The quantitative estimate of drug-likeness (QED) is 0.350.